The van der Waals surface area contributed by atoms with Crippen molar-refractivity contribution in [3.05, 3.63) is 70.5 Å². The molecule has 0 aliphatic carbocycles. The normalized spacial score (nSPS) is 15.9. The van der Waals surface area contributed by atoms with E-state index in [1.54, 1.807) is 24.3 Å². The Hall–Kier alpha value is -3.10. The molecule has 1 fully saturated rings. The molecule has 0 spiro atoms. The molecule has 3 aromatic rings. The van der Waals surface area contributed by atoms with Crippen LogP contribution in [-0.4, -0.2) is 58.6 Å². The number of carbonyl (C=O) groups excluding carboxylic acids is 1. The molecule has 2 aromatic carbocycles. The Morgan fingerprint density at radius 1 is 1.07 bits per heavy atom. The molecule has 1 saturated heterocycles. The quantitative estimate of drug-likeness (QED) is 0.672. The van der Waals surface area contributed by atoms with Gasteiger partial charge in [-0.15, -0.1) is 5.10 Å². The van der Waals surface area contributed by atoms with Gasteiger partial charge in [-0.25, -0.2) is 4.68 Å². The Bertz CT molecular complexity index is 1030. The molecule has 0 bridgehead atoms. The summed E-state index contributed by atoms with van der Waals surface area (Å²) in [6.45, 7) is 3.26. The van der Waals surface area contributed by atoms with E-state index in [4.69, 9.17) is 4.74 Å². The zero-order chi connectivity index (χ0) is 20.1. The van der Waals surface area contributed by atoms with Gasteiger partial charge in [-0.2, -0.15) is 0 Å². The highest BCUT2D eigenvalue weighted by Crippen LogP contribution is 2.21. The number of aromatic nitrogens is 3. The summed E-state index contributed by atoms with van der Waals surface area (Å²) in [6, 6.07) is 17.1. The lowest BCUT2D eigenvalue weighted by Crippen LogP contribution is -2.44. The van der Waals surface area contributed by atoms with E-state index in [1.807, 2.05) is 18.2 Å². The fraction of sp³-hybridized carbons (Fsp3) is 0.333. The van der Waals surface area contributed by atoms with Gasteiger partial charge < -0.3 is 10.1 Å². The van der Waals surface area contributed by atoms with Crippen molar-refractivity contribution in [1.29, 1.82) is 0 Å². The second-order valence-corrected chi connectivity index (χ2v) is 6.95. The van der Waals surface area contributed by atoms with Gasteiger partial charge in [0.1, 0.15) is 12.1 Å². The number of carbonyl (C=O) groups is 1. The molecule has 1 unspecified atom stereocenters. The maximum absolute atomic E-state index is 12.5. The highest BCUT2D eigenvalue weighted by Gasteiger charge is 2.23. The Morgan fingerprint density at radius 2 is 1.79 bits per heavy atom. The summed E-state index contributed by atoms with van der Waals surface area (Å²) in [7, 11) is 0. The third kappa shape index (κ3) is 4.49. The van der Waals surface area contributed by atoms with Crippen LogP contribution in [0.15, 0.2) is 59.4 Å². The maximum atomic E-state index is 12.5. The Balaban J connectivity index is 1.45. The van der Waals surface area contributed by atoms with E-state index in [1.165, 1.54) is 0 Å². The first-order valence-electron chi connectivity index (χ1n) is 9.68. The molecule has 1 atom stereocenters. The van der Waals surface area contributed by atoms with Gasteiger partial charge in [-0.3, -0.25) is 14.5 Å². The summed E-state index contributed by atoms with van der Waals surface area (Å²) in [5.41, 5.74) is 1.33. The molecule has 2 heterocycles. The topological polar surface area (TPSA) is 89.3 Å². The molecule has 4 rings (SSSR count). The Labute approximate surface area is 168 Å². The first-order valence-corrected chi connectivity index (χ1v) is 9.68. The average Bonchev–Trinajstić information content (AvgIpc) is 2.77. The van der Waals surface area contributed by atoms with Crippen molar-refractivity contribution >= 4 is 16.8 Å². The number of rotatable bonds is 6. The monoisotopic (exact) mass is 393 g/mol. The van der Waals surface area contributed by atoms with Crippen molar-refractivity contribution in [2.45, 2.75) is 12.6 Å². The molecule has 1 aliphatic rings. The first kappa shape index (κ1) is 19.2. The van der Waals surface area contributed by atoms with Crippen LogP contribution in [0.3, 0.4) is 0 Å². The molecule has 1 amide bonds. The third-order valence-electron chi connectivity index (χ3n) is 5.09. The van der Waals surface area contributed by atoms with Gasteiger partial charge in [-0.1, -0.05) is 47.7 Å². The Kier molecular flexibility index (Phi) is 5.92. The van der Waals surface area contributed by atoms with E-state index < -0.39 is 0 Å². The van der Waals surface area contributed by atoms with Gasteiger partial charge >= 0.3 is 0 Å². The van der Waals surface area contributed by atoms with Gasteiger partial charge in [0.25, 0.3) is 5.56 Å². The summed E-state index contributed by atoms with van der Waals surface area (Å²) in [5, 5.41) is 11.3. The molecule has 8 nitrogen and oxygen atoms in total. The lowest BCUT2D eigenvalue weighted by Gasteiger charge is -2.34. The second-order valence-electron chi connectivity index (χ2n) is 6.95. The predicted molar refractivity (Wildman–Crippen MR) is 108 cm³/mol. The highest BCUT2D eigenvalue weighted by atomic mass is 16.5. The van der Waals surface area contributed by atoms with Crippen molar-refractivity contribution in [1.82, 2.24) is 25.2 Å². The van der Waals surface area contributed by atoms with E-state index in [0.717, 1.165) is 23.3 Å². The lowest BCUT2D eigenvalue weighted by molar-refractivity contribution is -0.122. The smallest absolute Gasteiger partial charge is 0.278 e. The van der Waals surface area contributed by atoms with E-state index >= 15 is 0 Å². The average molecular weight is 393 g/mol. The summed E-state index contributed by atoms with van der Waals surface area (Å²) in [5.74, 6) is -0.272. The number of nitrogens with one attached hydrogen (secondary N) is 1. The van der Waals surface area contributed by atoms with Crippen LogP contribution in [0.4, 0.5) is 0 Å². The van der Waals surface area contributed by atoms with E-state index in [0.29, 0.717) is 30.7 Å². The summed E-state index contributed by atoms with van der Waals surface area (Å²) in [6.07, 6.45) is 0. The van der Waals surface area contributed by atoms with Crippen LogP contribution < -0.4 is 10.9 Å². The predicted octanol–water partition coefficient (Wildman–Crippen LogP) is 0.981. The minimum absolute atomic E-state index is 0.0449. The first-order chi connectivity index (χ1) is 14.2. The second kappa shape index (κ2) is 8.93. The zero-order valence-corrected chi connectivity index (χ0v) is 16.0. The molecule has 1 aromatic heterocycles. The van der Waals surface area contributed by atoms with Crippen LogP contribution in [0.2, 0.25) is 0 Å². The molecule has 1 N–H and O–H groups in total. The number of hydrogen-bond donors (Lipinski definition) is 1. The van der Waals surface area contributed by atoms with Gasteiger partial charge in [0.05, 0.1) is 24.6 Å². The number of hydrogen-bond acceptors (Lipinski definition) is 6. The van der Waals surface area contributed by atoms with Crippen LogP contribution >= 0.6 is 0 Å². The molecule has 0 saturated carbocycles. The summed E-state index contributed by atoms with van der Waals surface area (Å²) in [4.78, 5) is 27.4. The maximum Gasteiger partial charge on any atom is 0.278 e. The van der Waals surface area contributed by atoms with Gasteiger partial charge in [0.15, 0.2) is 0 Å². The Morgan fingerprint density at radius 3 is 2.59 bits per heavy atom. The molecule has 150 valence electrons. The molecule has 1 aliphatic heterocycles. The van der Waals surface area contributed by atoms with Crippen LogP contribution in [0.25, 0.3) is 10.9 Å². The standard InChI is InChI=1S/C21H23N5O3/c27-20(15-26-21(28)17-8-4-5-9-18(17)23-24-26)22-14-19(16-6-2-1-3-7-16)25-10-12-29-13-11-25/h1-9,19H,10-15H2,(H,22,27). The van der Waals surface area contributed by atoms with Crippen molar-refractivity contribution < 1.29 is 9.53 Å². The van der Waals surface area contributed by atoms with E-state index in [2.05, 4.69) is 32.7 Å². The van der Waals surface area contributed by atoms with Crippen LogP contribution in [0, 0.1) is 0 Å². The van der Waals surface area contributed by atoms with Crippen molar-refractivity contribution in [3.63, 3.8) is 0 Å². The zero-order valence-electron chi connectivity index (χ0n) is 16.0. The van der Waals surface area contributed by atoms with Crippen molar-refractivity contribution in [2.75, 3.05) is 32.8 Å². The minimum atomic E-state index is -0.321. The van der Waals surface area contributed by atoms with Crippen LogP contribution in [0.1, 0.15) is 11.6 Å². The number of ether oxygens (including phenoxy) is 1. The molecular weight excluding hydrogens is 370 g/mol. The number of amides is 1. The van der Waals surface area contributed by atoms with E-state index in [-0.39, 0.29) is 24.1 Å². The summed E-state index contributed by atoms with van der Waals surface area (Å²) < 4.78 is 6.56. The van der Waals surface area contributed by atoms with Crippen molar-refractivity contribution in [2.24, 2.45) is 0 Å². The van der Waals surface area contributed by atoms with Gasteiger partial charge in [0.2, 0.25) is 5.91 Å². The fourth-order valence-electron chi connectivity index (χ4n) is 3.55. The van der Waals surface area contributed by atoms with Crippen LogP contribution in [0.5, 0.6) is 0 Å². The number of benzene rings is 2. The highest BCUT2D eigenvalue weighted by molar-refractivity contribution is 5.78. The SMILES string of the molecule is O=C(Cn1nnc2ccccc2c1=O)NCC(c1ccccc1)N1CCOCC1. The fourth-order valence-corrected chi connectivity index (χ4v) is 3.55. The lowest BCUT2D eigenvalue weighted by atomic mass is 10.0. The number of nitrogens with zero attached hydrogens (tertiary/aromatic N) is 4. The number of morpholine rings is 1. The molecule has 8 heteroatoms. The van der Waals surface area contributed by atoms with Gasteiger partial charge in [-0.05, 0) is 17.7 Å². The molecule has 29 heavy (non-hydrogen) atoms. The third-order valence-corrected chi connectivity index (χ3v) is 5.09. The van der Waals surface area contributed by atoms with Gasteiger partial charge in [0, 0.05) is 19.6 Å². The number of fused-ring (bicyclic) bond motifs is 1. The minimum Gasteiger partial charge on any atom is -0.379 e. The molecular formula is C21H23N5O3. The van der Waals surface area contributed by atoms with Crippen LogP contribution in [-0.2, 0) is 16.1 Å². The van der Waals surface area contributed by atoms with E-state index in [9.17, 15) is 9.59 Å². The summed E-state index contributed by atoms with van der Waals surface area (Å²) >= 11 is 0. The molecule has 0 radical (unpaired) electrons. The van der Waals surface area contributed by atoms with Crippen molar-refractivity contribution in [3.8, 4) is 0 Å². The largest absolute Gasteiger partial charge is 0.379 e.